The first-order valence-corrected chi connectivity index (χ1v) is 18.4. The van der Waals surface area contributed by atoms with Crippen molar-refractivity contribution in [2.75, 3.05) is 13.2 Å². The van der Waals surface area contributed by atoms with Gasteiger partial charge in [0, 0.05) is 24.3 Å². The van der Waals surface area contributed by atoms with Gasteiger partial charge in [-0.25, -0.2) is 14.8 Å². The molecule has 2 aromatic rings. The van der Waals surface area contributed by atoms with Gasteiger partial charge in [-0.15, -0.1) is 0 Å². The van der Waals surface area contributed by atoms with Gasteiger partial charge in [0.05, 0.1) is 30.2 Å². The lowest BCUT2D eigenvalue weighted by Crippen LogP contribution is -2.58. The van der Waals surface area contributed by atoms with E-state index in [0.717, 1.165) is 12.8 Å². The Bertz CT molecular complexity index is 1610. The Morgan fingerprint density at radius 3 is 2.50 bits per heavy atom. The Morgan fingerprint density at radius 2 is 1.82 bits per heavy atom. The Labute approximate surface area is 293 Å². The summed E-state index contributed by atoms with van der Waals surface area (Å²) >= 11 is 0. The van der Waals surface area contributed by atoms with Crippen molar-refractivity contribution in [3.8, 4) is 11.6 Å². The summed E-state index contributed by atoms with van der Waals surface area (Å²) in [4.78, 5) is 52.5. The molecule has 0 spiro atoms. The smallest absolute Gasteiger partial charge is 0.408 e. The fourth-order valence-corrected chi connectivity index (χ4v) is 8.46. The van der Waals surface area contributed by atoms with E-state index in [-0.39, 0.29) is 42.2 Å². The molecular weight excluding hydrogens is 646 g/mol. The van der Waals surface area contributed by atoms with Crippen LogP contribution in [-0.2, 0) is 20.2 Å². The van der Waals surface area contributed by atoms with E-state index >= 15 is 8.78 Å². The number of Topliss-reactive ketones (excluding diaryl/α,β-unsaturated/α-hetero) is 1. The number of aromatic nitrogens is 2. The van der Waals surface area contributed by atoms with Crippen molar-refractivity contribution >= 4 is 28.8 Å². The Morgan fingerprint density at radius 1 is 1.06 bits per heavy atom. The molecule has 4 aliphatic rings. The zero-order chi connectivity index (χ0) is 36.1. The van der Waals surface area contributed by atoms with E-state index in [1.54, 1.807) is 32.0 Å². The first-order valence-electron chi connectivity index (χ1n) is 18.4. The number of benzene rings is 1. The summed E-state index contributed by atoms with van der Waals surface area (Å²) < 4.78 is 50.8. The van der Waals surface area contributed by atoms with Crippen LogP contribution in [0, 0.1) is 35.0 Å². The van der Waals surface area contributed by atoms with Gasteiger partial charge in [0.15, 0.2) is 11.5 Å². The second-order valence-electron chi connectivity index (χ2n) is 16.1. The molecule has 1 N–H and O–H groups in total. The lowest BCUT2D eigenvalue weighted by atomic mass is 9.84. The van der Waals surface area contributed by atoms with E-state index in [0.29, 0.717) is 49.0 Å². The lowest BCUT2D eigenvalue weighted by Gasteiger charge is -2.36. The summed E-state index contributed by atoms with van der Waals surface area (Å²) in [5.74, 6) is -3.73. The molecule has 3 fully saturated rings. The molecule has 8 atom stereocenters. The van der Waals surface area contributed by atoms with Crippen molar-refractivity contribution in [2.24, 2.45) is 35.0 Å². The standard InChI is InChI=1S/C38H52F2N4O6/c1-8-23-29-19-44(30(23)31(45)20(3)4)35(46)33(37(5,6)7)43-36(47)50-28-17-21-16-25(21)24(28)12-10-11-15-38(39,40)32-34(49-29)42-27-18-22(48-9-2)13-14-26(27)41-32/h13-14,18,20-21,23-25,28-30,33H,8-12,15-17,19H2,1-7H3,(H,43,47). The quantitative estimate of drug-likeness (QED) is 0.352. The lowest BCUT2D eigenvalue weighted by molar-refractivity contribution is -0.143. The fraction of sp³-hybridized carbons (Fsp3) is 0.711. The second-order valence-corrected chi connectivity index (χ2v) is 16.1. The number of carbonyl (C=O) groups excluding carboxylic acids is 3. The van der Waals surface area contributed by atoms with Crippen LogP contribution >= 0.6 is 0 Å². The molecule has 2 amide bonds. The summed E-state index contributed by atoms with van der Waals surface area (Å²) in [7, 11) is 0. The first kappa shape index (κ1) is 36.2. The van der Waals surface area contributed by atoms with Gasteiger partial charge in [0.1, 0.15) is 24.0 Å². The van der Waals surface area contributed by atoms with Gasteiger partial charge in [0.2, 0.25) is 11.8 Å². The molecule has 274 valence electrons. The number of alkyl carbamates (subject to hydrolysis) is 1. The van der Waals surface area contributed by atoms with E-state index in [9.17, 15) is 14.4 Å². The number of alkyl halides is 2. The molecule has 8 unspecified atom stereocenters. The average Bonchev–Trinajstić information content (AvgIpc) is 3.59. The summed E-state index contributed by atoms with van der Waals surface area (Å²) in [5, 5.41) is 2.88. The zero-order valence-corrected chi connectivity index (χ0v) is 30.3. The SMILES string of the molecule is CCOc1ccc2nc3c(nc2c1)OC1CN(C(=O)C(C(C)(C)C)NC(=O)OC2CC4CC4C2CCCCC3(F)F)C(C(=O)C(C)C)C1CC. The van der Waals surface area contributed by atoms with Gasteiger partial charge in [-0.1, -0.05) is 48.0 Å². The Hall–Kier alpha value is -3.57. The van der Waals surface area contributed by atoms with Crippen LogP contribution in [-0.4, -0.2) is 70.1 Å². The number of ketones is 1. The fourth-order valence-electron chi connectivity index (χ4n) is 8.46. The molecule has 1 aromatic heterocycles. The van der Waals surface area contributed by atoms with Crippen LogP contribution in [0.5, 0.6) is 11.6 Å². The maximum atomic E-state index is 16.3. The second kappa shape index (κ2) is 13.9. The third-order valence-electron chi connectivity index (χ3n) is 11.2. The van der Waals surface area contributed by atoms with Crippen LogP contribution in [0.3, 0.4) is 0 Å². The predicted molar refractivity (Wildman–Crippen MR) is 183 cm³/mol. The molecule has 12 heteroatoms. The third-order valence-corrected chi connectivity index (χ3v) is 11.2. The summed E-state index contributed by atoms with van der Waals surface area (Å²) in [6.07, 6.45) is 1.36. The van der Waals surface area contributed by atoms with Gasteiger partial charge in [-0.05, 0) is 74.3 Å². The van der Waals surface area contributed by atoms with Gasteiger partial charge in [0.25, 0.3) is 5.92 Å². The molecule has 50 heavy (non-hydrogen) atoms. The topological polar surface area (TPSA) is 120 Å². The van der Waals surface area contributed by atoms with E-state index < -0.39 is 65.5 Å². The number of fused-ring (bicyclic) bond motifs is 7. The van der Waals surface area contributed by atoms with Crippen LogP contribution in [0.25, 0.3) is 11.0 Å². The molecular formula is C38H52F2N4O6. The highest BCUT2D eigenvalue weighted by molar-refractivity contribution is 5.94. The van der Waals surface area contributed by atoms with E-state index in [1.165, 1.54) is 4.90 Å². The normalized spacial score (nSPS) is 31.4. The number of rotatable bonds is 5. The molecule has 0 radical (unpaired) electrons. The monoisotopic (exact) mass is 698 g/mol. The molecule has 1 aromatic carbocycles. The van der Waals surface area contributed by atoms with E-state index in [1.807, 2.05) is 34.6 Å². The number of amides is 2. The number of halogens is 2. The summed E-state index contributed by atoms with van der Waals surface area (Å²) in [6, 6.07) is 3.03. The largest absolute Gasteiger partial charge is 0.494 e. The van der Waals surface area contributed by atoms with Gasteiger partial charge in [-0.3, -0.25) is 9.59 Å². The number of hydrogen-bond donors (Lipinski definition) is 1. The van der Waals surface area contributed by atoms with Crippen LogP contribution < -0.4 is 14.8 Å². The highest BCUT2D eigenvalue weighted by atomic mass is 19.3. The van der Waals surface area contributed by atoms with Gasteiger partial charge in [-0.2, -0.15) is 8.78 Å². The van der Waals surface area contributed by atoms with Crippen LogP contribution in [0.15, 0.2) is 18.2 Å². The minimum Gasteiger partial charge on any atom is -0.494 e. The Kier molecular flexibility index (Phi) is 10.0. The minimum atomic E-state index is -3.37. The van der Waals surface area contributed by atoms with Crippen molar-refractivity contribution in [1.82, 2.24) is 20.2 Å². The zero-order valence-electron chi connectivity index (χ0n) is 30.3. The minimum absolute atomic E-state index is 0.0540. The van der Waals surface area contributed by atoms with Crippen LogP contribution in [0.2, 0.25) is 0 Å². The van der Waals surface area contributed by atoms with Crippen LogP contribution in [0.1, 0.15) is 99.1 Å². The summed E-state index contributed by atoms with van der Waals surface area (Å²) in [5.41, 5.74) is -0.665. The molecule has 3 heterocycles. The number of nitrogens with one attached hydrogen (secondary N) is 1. The van der Waals surface area contributed by atoms with Crippen molar-refractivity contribution in [3.63, 3.8) is 0 Å². The molecule has 1 saturated heterocycles. The maximum absolute atomic E-state index is 16.3. The predicted octanol–water partition coefficient (Wildman–Crippen LogP) is 7.07. The molecule has 2 aliphatic carbocycles. The molecule has 2 saturated carbocycles. The molecule has 6 rings (SSSR count). The van der Waals surface area contributed by atoms with E-state index in [4.69, 9.17) is 14.2 Å². The van der Waals surface area contributed by atoms with Crippen molar-refractivity contribution in [2.45, 2.75) is 124 Å². The van der Waals surface area contributed by atoms with Crippen molar-refractivity contribution in [3.05, 3.63) is 23.9 Å². The number of ether oxygens (including phenoxy) is 3. The van der Waals surface area contributed by atoms with Crippen molar-refractivity contribution < 1.29 is 37.4 Å². The maximum Gasteiger partial charge on any atom is 0.408 e. The van der Waals surface area contributed by atoms with E-state index in [2.05, 4.69) is 15.3 Å². The number of nitrogens with zero attached hydrogens (tertiary/aromatic N) is 3. The molecule has 2 aliphatic heterocycles. The highest BCUT2D eigenvalue weighted by Crippen LogP contribution is 2.58. The summed E-state index contributed by atoms with van der Waals surface area (Å²) in [6.45, 7) is 13.2. The third kappa shape index (κ3) is 7.13. The highest BCUT2D eigenvalue weighted by Gasteiger charge is 2.55. The van der Waals surface area contributed by atoms with Crippen LogP contribution in [0.4, 0.5) is 13.6 Å². The van der Waals surface area contributed by atoms with Gasteiger partial charge >= 0.3 is 6.09 Å². The van der Waals surface area contributed by atoms with Gasteiger partial charge < -0.3 is 24.4 Å². The average molecular weight is 699 g/mol. The number of carbonyl (C=O) groups is 3. The molecule has 2 bridgehead atoms. The Balaban J connectivity index is 1.44. The van der Waals surface area contributed by atoms with Crippen molar-refractivity contribution in [1.29, 1.82) is 0 Å². The number of hydrogen-bond acceptors (Lipinski definition) is 8. The first-order chi connectivity index (χ1) is 23.6. The molecule has 10 nitrogen and oxygen atoms in total.